The summed E-state index contributed by atoms with van der Waals surface area (Å²) in [5.74, 6) is 0.0819. The van der Waals surface area contributed by atoms with Crippen LogP contribution in [0.5, 0.6) is 0 Å². The van der Waals surface area contributed by atoms with Crippen molar-refractivity contribution in [3.05, 3.63) is 18.0 Å². The number of nitrogens with one attached hydrogen (secondary N) is 2. The monoisotopic (exact) mass is 278 g/mol. The Balaban J connectivity index is 1.88. The molecule has 0 bridgehead atoms. The third kappa shape index (κ3) is 3.82. The fourth-order valence-corrected chi connectivity index (χ4v) is 2.54. The van der Waals surface area contributed by atoms with E-state index < -0.39 is 0 Å². The first-order chi connectivity index (χ1) is 9.41. The van der Waals surface area contributed by atoms with Crippen molar-refractivity contribution < 1.29 is 4.79 Å². The van der Waals surface area contributed by atoms with Gasteiger partial charge in [0.25, 0.3) is 0 Å². The molecule has 1 fully saturated rings. The smallest absolute Gasteiger partial charge is 0.222 e. The standard InChI is InChI=1S/C15H26N4O/c1-11(2)17-14(20)5-8-19-10-13(9-16-19)15(6-7-15)18-12(3)4/h9-12,18H,5-8H2,1-4H3,(H,17,20). The van der Waals surface area contributed by atoms with Gasteiger partial charge in [0.2, 0.25) is 5.91 Å². The molecule has 2 N–H and O–H groups in total. The minimum Gasteiger partial charge on any atom is -0.354 e. The van der Waals surface area contributed by atoms with E-state index in [0.717, 1.165) is 0 Å². The van der Waals surface area contributed by atoms with Crippen LogP contribution in [0.1, 0.15) is 52.5 Å². The van der Waals surface area contributed by atoms with Crippen LogP contribution in [0.25, 0.3) is 0 Å². The lowest BCUT2D eigenvalue weighted by Crippen LogP contribution is -2.34. The maximum atomic E-state index is 11.6. The summed E-state index contributed by atoms with van der Waals surface area (Å²) in [4.78, 5) is 11.6. The molecule has 0 saturated heterocycles. The van der Waals surface area contributed by atoms with Gasteiger partial charge in [-0.3, -0.25) is 9.48 Å². The Morgan fingerprint density at radius 2 is 2.05 bits per heavy atom. The molecular weight excluding hydrogens is 252 g/mol. The molecular formula is C15H26N4O. The zero-order chi connectivity index (χ0) is 14.8. The normalized spacial score (nSPS) is 16.7. The van der Waals surface area contributed by atoms with Crippen molar-refractivity contribution >= 4 is 5.91 Å². The highest BCUT2D eigenvalue weighted by molar-refractivity contribution is 5.76. The van der Waals surface area contributed by atoms with Crippen molar-refractivity contribution in [2.24, 2.45) is 0 Å². The van der Waals surface area contributed by atoms with E-state index in [1.54, 1.807) is 0 Å². The van der Waals surface area contributed by atoms with Gasteiger partial charge in [0.15, 0.2) is 0 Å². The van der Waals surface area contributed by atoms with E-state index in [2.05, 4.69) is 35.8 Å². The van der Waals surface area contributed by atoms with Crippen LogP contribution in [0, 0.1) is 0 Å². The van der Waals surface area contributed by atoms with Crippen molar-refractivity contribution in [1.29, 1.82) is 0 Å². The predicted octanol–water partition coefficient (Wildman–Crippen LogP) is 1.78. The Hall–Kier alpha value is -1.36. The molecule has 112 valence electrons. The maximum absolute atomic E-state index is 11.6. The van der Waals surface area contributed by atoms with Gasteiger partial charge in [0.1, 0.15) is 0 Å². The van der Waals surface area contributed by atoms with E-state index in [-0.39, 0.29) is 17.5 Å². The van der Waals surface area contributed by atoms with Gasteiger partial charge in [0, 0.05) is 42.3 Å². The lowest BCUT2D eigenvalue weighted by molar-refractivity contribution is -0.121. The van der Waals surface area contributed by atoms with Crippen LogP contribution in [0.2, 0.25) is 0 Å². The van der Waals surface area contributed by atoms with Gasteiger partial charge in [-0.05, 0) is 26.7 Å². The first kappa shape index (κ1) is 15.0. The van der Waals surface area contributed by atoms with Crippen LogP contribution in [0.3, 0.4) is 0 Å². The second-order valence-corrected chi connectivity index (χ2v) is 6.35. The van der Waals surface area contributed by atoms with Gasteiger partial charge in [-0.2, -0.15) is 5.10 Å². The predicted molar refractivity (Wildman–Crippen MR) is 79.3 cm³/mol. The second-order valence-electron chi connectivity index (χ2n) is 6.35. The first-order valence-electron chi connectivity index (χ1n) is 7.51. The number of carbonyl (C=O) groups is 1. The SMILES string of the molecule is CC(C)NC(=O)CCn1cc(C2(NC(C)C)CC2)cn1. The number of hydrogen-bond donors (Lipinski definition) is 2. The molecule has 0 aromatic carbocycles. The molecule has 2 rings (SSSR count). The van der Waals surface area contributed by atoms with Gasteiger partial charge in [-0.25, -0.2) is 0 Å². The molecule has 1 heterocycles. The molecule has 1 aliphatic rings. The van der Waals surface area contributed by atoms with E-state index >= 15 is 0 Å². The summed E-state index contributed by atoms with van der Waals surface area (Å²) < 4.78 is 1.87. The van der Waals surface area contributed by atoms with Crippen LogP contribution < -0.4 is 10.6 Å². The highest BCUT2D eigenvalue weighted by atomic mass is 16.1. The van der Waals surface area contributed by atoms with E-state index in [4.69, 9.17) is 0 Å². The van der Waals surface area contributed by atoms with Crippen molar-refractivity contribution in [2.45, 2.75) is 71.1 Å². The number of rotatable bonds is 7. The minimum absolute atomic E-state index is 0.0819. The molecule has 0 aliphatic heterocycles. The Morgan fingerprint density at radius 3 is 2.60 bits per heavy atom. The number of hydrogen-bond acceptors (Lipinski definition) is 3. The first-order valence-corrected chi connectivity index (χ1v) is 7.51. The van der Waals surface area contributed by atoms with E-state index in [9.17, 15) is 4.79 Å². The minimum atomic E-state index is 0.0819. The third-order valence-corrected chi connectivity index (χ3v) is 3.52. The molecule has 0 spiro atoms. The Kier molecular flexibility index (Phi) is 4.48. The average molecular weight is 278 g/mol. The molecule has 1 aromatic heterocycles. The van der Waals surface area contributed by atoms with Gasteiger partial charge in [-0.15, -0.1) is 0 Å². The highest BCUT2D eigenvalue weighted by Gasteiger charge is 2.45. The molecule has 1 aromatic rings. The Morgan fingerprint density at radius 1 is 1.35 bits per heavy atom. The van der Waals surface area contributed by atoms with Crippen LogP contribution in [0.4, 0.5) is 0 Å². The van der Waals surface area contributed by atoms with Gasteiger partial charge in [0.05, 0.1) is 6.20 Å². The second kappa shape index (κ2) is 5.95. The van der Waals surface area contributed by atoms with E-state index in [1.807, 2.05) is 24.7 Å². The fraction of sp³-hybridized carbons (Fsp3) is 0.733. The topological polar surface area (TPSA) is 59.0 Å². The van der Waals surface area contributed by atoms with E-state index in [1.165, 1.54) is 18.4 Å². The quantitative estimate of drug-likeness (QED) is 0.799. The van der Waals surface area contributed by atoms with Crippen LogP contribution in [-0.2, 0) is 16.9 Å². The Labute approximate surface area is 121 Å². The average Bonchev–Trinajstić information content (AvgIpc) is 2.94. The summed E-state index contributed by atoms with van der Waals surface area (Å²) in [7, 11) is 0. The summed E-state index contributed by atoms with van der Waals surface area (Å²) in [5.41, 5.74) is 1.38. The summed E-state index contributed by atoms with van der Waals surface area (Å²) in [6.07, 6.45) is 6.83. The highest BCUT2D eigenvalue weighted by Crippen LogP contribution is 2.45. The van der Waals surface area contributed by atoms with Crippen molar-refractivity contribution in [1.82, 2.24) is 20.4 Å². The number of amides is 1. The summed E-state index contributed by atoms with van der Waals surface area (Å²) in [6, 6.07) is 0.665. The van der Waals surface area contributed by atoms with Crippen LogP contribution >= 0.6 is 0 Å². The summed E-state index contributed by atoms with van der Waals surface area (Å²) in [6.45, 7) is 8.91. The molecule has 0 atom stereocenters. The Bertz CT molecular complexity index is 460. The molecule has 20 heavy (non-hydrogen) atoms. The summed E-state index contributed by atoms with van der Waals surface area (Å²) in [5, 5.41) is 10.9. The molecule has 1 aliphatic carbocycles. The lowest BCUT2D eigenvalue weighted by Gasteiger charge is -2.18. The van der Waals surface area contributed by atoms with Crippen molar-refractivity contribution in [2.75, 3.05) is 0 Å². The number of nitrogens with zero attached hydrogens (tertiary/aromatic N) is 2. The number of aryl methyl sites for hydroxylation is 1. The molecule has 0 radical (unpaired) electrons. The molecule has 5 heteroatoms. The zero-order valence-electron chi connectivity index (χ0n) is 12.9. The largest absolute Gasteiger partial charge is 0.354 e. The van der Waals surface area contributed by atoms with Gasteiger partial charge in [-0.1, -0.05) is 13.8 Å². The lowest BCUT2D eigenvalue weighted by atomic mass is 10.1. The zero-order valence-corrected chi connectivity index (χ0v) is 12.9. The number of aromatic nitrogens is 2. The van der Waals surface area contributed by atoms with E-state index in [0.29, 0.717) is 19.0 Å². The molecule has 1 amide bonds. The van der Waals surface area contributed by atoms with Crippen LogP contribution in [0.15, 0.2) is 12.4 Å². The molecule has 0 unspecified atom stereocenters. The van der Waals surface area contributed by atoms with Crippen LogP contribution in [-0.4, -0.2) is 27.8 Å². The van der Waals surface area contributed by atoms with Crippen molar-refractivity contribution in [3.63, 3.8) is 0 Å². The van der Waals surface area contributed by atoms with Gasteiger partial charge >= 0.3 is 0 Å². The van der Waals surface area contributed by atoms with Crippen molar-refractivity contribution in [3.8, 4) is 0 Å². The maximum Gasteiger partial charge on any atom is 0.222 e. The summed E-state index contributed by atoms with van der Waals surface area (Å²) >= 11 is 0. The number of carbonyl (C=O) groups excluding carboxylic acids is 1. The molecule has 1 saturated carbocycles. The third-order valence-electron chi connectivity index (χ3n) is 3.52. The molecule has 5 nitrogen and oxygen atoms in total. The fourth-order valence-electron chi connectivity index (χ4n) is 2.54. The van der Waals surface area contributed by atoms with Gasteiger partial charge < -0.3 is 10.6 Å².